The Morgan fingerprint density at radius 1 is 0.762 bits per heavy atom. The molecule has 0 spiro atoms. The molecule has 0 N–H and O–H groups in total. The normalized spacial score (nSPS) is 10.5. The van der Waals surface area contributed by atoms with Gasteiger partial charge in [0.25, 0.3) is 0 Å². The van der Waals surface area contributed by atoms with Crippen LogP contribution in [-0.4, -0.2) is 0 Å². The van der Waals surface area contributed by atoms with E-state index < -0.39 is 0 Å². The lowest BCUT2D eigenvalue weighted by Crippen LogP contribution is -3.00. The van der Waals surface area contributed by atoms with Crippen molar-refractivity contribution in [3.8, 4) is 0 Å². The fraction of sp³-hybridized carbons (Fsp3) is 0.526. The molecule has 0 saturated heterocycles. The molecule has 0 radical (unpaired) electrons. The topological polar surface area (TPSA) is 3.88 Å². The number of halogens is 1. The molecule has 116 valence electrons. The van der Waals surface area contributed by atoms with Gasteiger partial charge in [-0.15, -0.1) is 0 Å². The molecule has 1 aromatic carbocycles. The van der Waals surface area contributed by atoms with Crippen LogP contribution in [0.25, 0.3) is 10.9 Å². The molecule has 0 atom stereocenters. The minimum atomic E-state index is 0. The van der Waals surface area contributed by atoms with Gasteiger partial charge in [-0.1, -0.05) is 57.6 Å². The lowest BCUT2D eigenvalue weighted by atomic mass is 10.1. The summed E-state index contributed by atoms with van der Waals surface area (Å²) in [6, 6.07) is 13.0. The maximum atomic E-state index is 2.40. The van der Waals surface area contributed by atoms with Crippen LogP contribution in [0.1, 0.15) is 58.3 Å². The first kappa shape index (κ1) is 18.0. The third kappa shape index (κ3) is 6.05. The average molecular weight is 306 g/mol. The predicted molar refractivity (Wildman–Crippen MR) is 86.8 cm³/mol. The van der Waals surface area contributed by atoms with Gasteiger partial charge in [-0.25, -0.2) is 0 Å². The Morgan fingerprint density at radius 3 is 2.14 bits per heavy atom. The molecule has 2 aromatic rings. The number of rotatable bonds is 9. The Balaban J connectivity index is 0.00000220. The van der Waals surface area contributed by atoms with Gasteiger partial charge >= 0.3 is 0 Å². The van der Waals surface area contributed by atoms with Crippen molar-refractivity contribution in [2.75, 3.05) is 0 Å². The SMILES string of the molecule is CCCCCCCCCC[n+]1cccc2ccccc21.[Cl-]. The number of pyridine rings is 1. The first-order valence-electron chi connectivity index (χ1n) is 8.29. The van der Waals surface area contributed by atoms with E-state index in [4.69, 9.17) is 0 Å². The van der Waals surface area contributed by atoms with Gasteiger partial charge in [-0.3, -0.25) is 0 Å². The second-order valence-electron chi connectivity index (χ2n) is 5.74. The van der Waals surface area contributed by atoms with E-state index in [1.54, 1.807) is 0 Å². The van der Waals surface area contributed by atoms with E-state index in [0.29, 0.717) is 0 Å². The third-order valence-corrected chi connectivity index (χ3v) is 4.04. The summed E-state index contributed by atoms with van der Waals surface area (Å²) in [5, 5.41) is 1.34. The van der Waals surface area contributed by atoms with E-state index in [0.717, 1.165) is 6.54 Å². The smallest absolute Gasteiger partial charge is 0.212 e. The van der Waals surface area contributed by atoms with Gasteiger partial charge in [0.15, 0.2) is 6.20 Å². The van der Waals surface area contributed by atoms with Crippen molar-refractivity contribution < 1.29 is 17.0 Å². The van der Waals surface area contributed by atoms with Crippen molar-refractivity contribution in [3.63, 3.8) is 0 Å². The molecule has 1 nitrogen and oxygen atoms in total. The van der Waals surface area contributed by atoms with Crippen LogP contribution in [-0.2, 0) is 6.54 Å². The lowest BCUT2D eigenvalue weighted by Gasteiger charge is -2.02. The van der Waals surface area contributed by atoms with Crippen molar-refractivity contribution in [1.82, 2.24) is 0 Å². The van der Waals surface area contributed by atoms with Crippen LogP contribution < -0.4 is 17.0 Å². The zero-order chi connectivity index (χ0) is 14.0. The molecule has 0 aliphatic rings. The molecular formula is C19H28ClN. The van der Waals surface area contributed by atoms with Gasteiger partial charge in [0, 0.05) is 23.9 Å². The van der Waals surface area contributed by atoms with Crippen LogP contribution in [0.15, 0.2) is 42.6 Å². The average Bonchev–Trinajstić information content (AvgIpc) is 2.50. The van der Waals surface area contributed by atoms with Crippen LogP contribution in [0.5, 0.6) is 0 Å². The summed E-state index contributed by atoms with van der Waals surface area (Å²) in [5.41, 5.74) is 1.36. The largest absolute Gasteiger partial charge is 1.00 e. The Labute approximate surface area is 135 Å². The molecule has 1 aromatic heterocycles. The molecule has 0 unspecified atom stereocenters. The maximum Gasteiger partial charge on any atom is 0.212 e. The first-order valence-corrected chi connectivity index (χ1v) is 8.29. The quantitative estimate of drug-likeness (QED) is 0.494. The fourth-order valence-corrected chi connectivity index (χ4v) is 2.83. The van der Waals surface area contributed by atoms with Crippen LogP contribution in [0.3, 0.4) is 0 Å². The summed E-state index contributed by atoms with van der Waals surface area (Å²) >= 11 is 0. The number of para-hydroxylation sites is 1. The number of hydrogen-bond acceptors (Lipinski definition) is 0. The van der Waals surface area contributed by atoms with E-state index >= 15 is 0 Å². The minimum absolute atomic E-state index is 0. The molecule has 1 heterocycles. The Hall–Kier alpha value is -1.08. The fourth-order valence-electron chi connectivity index (χ4n) is 2.83. The number of hydrogen-bond donors (Lipinski definition) is 0. The van der Waals surface area contributed by atoms with Gasteiger partial charge in [0.05, 0.1) is 0 Å². The number of unbranched alkanes of at least 4 members (excludes halogenated alkanes) is 7. The number of aromatic nitrogens is 1. The van der Waals surface area contributed by atoms with Crippen molar-refractivity contribution in [1.29, 1.82) is 0 Å². The highest BCUT2D eigenvalue weighted by Crippen LogP contribution is 2.10. The molecule has 0 aliphatic heterocycles. The van der Waals surface area contributed by atoms with Crippen LogP contribution in [0.2, 0.25) is 0 Å². The molecule has 0 amide bonds. The standard InChI is InChI=1S/C19H28N.ClH/c1-2-3-4-5-6-7-8-11-16-20-17-12-14-18-13-9-10-15-19(18)20;/h9-10,12-15,17H,2-8,11,16H2,1H3;1H/q+1;/p-1. The Morgan fingerprint density at radius 2 is 1.38 bits per heavy atom. The zero-order valence-corrected chi connectivity index (χ0v) is 14.0. The highest BCUT2D eigenvalue weighted by atomic mass is 35.5. The van der Waals surface area contributed by atoms with E-state index in [1.807, 2.05) is 0 Å². The molecule has 0 aliphatic carbocycles. The number of benzene rings is 1. The molecular weight excluding hydrogens is 278 g/mol. The van der Waals surface area contributed by atoms with Crippen molar-refractivity contribution in [2.24, 2.45) is 0 Å². The van der Waals surface area contributed by atoms with E-state index in [-0.39, 0.29) is 12.4 Å². The summed E-state index contributed by atoms with van der Waals surface area (Å²) in [7, 11) is 0. The highest BCUT2D eigenvalue weighted by molar-refractivity contribution is 5.74. The molecule has 0 bridgehead atoms. The summed E-state index contributed by atoms with van der Waals surface area (Å²) in [6.45, 7) is 3.43. The molecule has 21 heavy (non-hydrogen) atoms. The predicted octanol–water partition coefficient (Wildman–Crippen LogP) is 2.27. The molecule has 0 fully saturated rings. The molecule has 2 rings (SSSR count). The van der Waals surface area contributed by atoms with Crippen molar-refractivity contribution in [2.45, 2.75) is 64.8 Å². The van der Waals surface area contributed by atoms with Crippen LogP contribution in [0, 0.1) is 0 Å². The van der Waals surface area contributed by atoms with E-state index in [9.17, 15) is 0 Å². The first-order chi connectivity index (χ1) is 9.92. The van der Waals surface area contributed by atoms with E-state index in [1.165, 1.54) is 62.3 Å². The second kappa shape index (κ2) is 10.6. The Bertz CT molecular complexity index is 504. The van der Waals surface area contributed by atoms with Crippen molar-refractivity contribution in [3.05, 3.63) is 42.6 Å². The third-order valence-electron chi connectivity index (χ3n) is 4.04. The Kier molecular flexibility index (Phi) is 9.09. The highest BCUT2D eigenvalue weighted by Gasteiger charge is 2.06. The lowest BCUT2D eigenvalue weighted by molar-refractivity contribution is -0.671. The van der Waals surface area contributed by atoms with Gasteiger partial charge in [-0.05, 0) is 18.6 Å². The van der Waals surface area contributed by atoms with Gasteiger partial charge < -0.3 is 12.4 Å². The maximum absolute atomic E-state index is 2.40. The van der Waals surface area contributed by atoms with Gasteiger partial charge in [0.2, 0.25) is 5.52 Å². The monoisotopic (exact) mass is 305 g/mol. The van der Waals surface area contributed by atoms with Crippen molar-refractivity contribution >= 4 is 10.9 Å². The minimum Gasteiger partial charge on any atom is -1.00 e. The number of fused-ring (bicyclic) bond motifs is 1. The number of nitrogens with zero attached hydrogens (tertiary/aromatic N) is 1. The summed E-state index contributed by atoms with van der Waals surface area (Å²) in [5.74, 6) is 0. The van der Waals surface area contributed by atoms with Gasteiger partial charge in [-0.2, -0.15) is 4.57 Å². The second-order valence-corrected chi connectivity index (χ2v) is 5.74. The molecule has 0 saturated carbocycles. The summed E-state index contributed by atoms with van der Waals surface area (Å²) in [4.78, 5) is 0. The van der Waals surface area contributed by atoms with Gasteiger partial charge in [0.1, 0.15) is 6.54 Å². The summed E-state index contributed by atoms with van der Waals surface area (Å²) < 4.78 is 2.40. The summed E-state index contributed by atoms with van der Waals surface area (Å²) in [6.07, 6.45) is 13.3. The zero-order valence-electron chi connectivity index (χ0n) is 13.2. The number of aryl methyl sites for hydroxylation is 1. The van der Waals surface area contributed by atoms with Crippen LogP contribution in [0.4, 0.5) is 0 Å². The molecule has 2 heteroatoms. The van der Waals surface area contributed by atoms with E-state index in [2.05, 4.69) is 54.1 Å². The van der Waals surface area contributed by atoms with Crippen LogP contribution >= 0.6 is 0 Å².